The highest BCUT2D eigenvalue weighted by Gasteiger charge is 2.30. The number of carbonyl (C=O) groups is 1. The predicted octanol–water partition coefficient (Wildman–Crippen LogP) is 3.05. The second-order valence-electron chi connectivity index (χ2n) is 8.07. The van der Waals surface area contributed by atoms with Crippen molar-refractivity contribution < 1.29 is 13.8 Å². The standard InChI is InChI=1S/C22H28N6O3/c1-14-5-7-18(8-6-14)20-24-22(31-26-20)17(4)28-11-9-27(10-12-28)16(3)21(29)23-19-13-15(2)25-30-19/h5-8,13,16-17H,9-12H2,1-4H3,(H,23,29). The van der Waals surface area contributed by atoms with E-state index in [0.29, 0.717) is 17.6 Å². The molecule has 3 aromatic rings. The largest absolute Gasteiger partial charge is 0.338 e. The average molecular weight is 425 g/mol. The first-order chi connectivity index (χ1) is 14.9. The Morgan fingerprint density at radius 3 is 2.32 bits per heavy atom. The minimum Gasteiger partial charge on any atom is -0.338 e. The average Bonchev–Trinajstić information content (AvgIpc) is 3.42. The highest BCUT2D eigenvalue weighted by atomic mass is 16.5. The van der Waals surface area contributed by atoms with Gasteiger partial charge in [0, 0.05) is 37.8 Å². The Morgan fingerprint density at radius 1 is 1.00 bits per heavy atom. The summed E-state index contributed by atoms with van der Waals surface area (Å²) < 4.78 is 10.6. The molecule has 1 amide bonds. The molecule has 31 heavy (non-hydrogen) atoms. The van der Waals surface area contributed by atoms with Gasteiger partial charge in [0.15, 0.2) is 0 Å². The molecule has 4 rings (SSSR count). The zero-order chi connectivity index (χ0) is 22.0. The molecule has 1 aliphatic rings. The van der Waals surface area contributed by atoms with Crippen LogP contribution in [-0.2, 0) is 4.79 Å². The molecule has 0 radical (unpaired) electrons. The van der Waals surface area contributed by atoms with E-state index < -0.39 is 0 Å². The summed E-state index contributed by atoms with van der Waals surface area (Å²) >= 11 is 0. The monoisotopic (exact) mass is 424 g/mol. The Labute approximate surface area is 181 Å². The number of carbonyl (C=O) groups excluding carboxylic acids is 1. The predicted molar refractivity (Wildman–Crippen MR) is 115 cm³/mol. The number of rotatable bonds is 6. The van der Waals surface area contributed by atoms with Crippen LogP contribution in [0.5, 0.6) is 0 Å². The van der Waals surface area contributed by atoms with E-state index >= 15 is 0 Å². The molecule has 3 heterocycles. The van der Waals surface area contributed by atoms with Crippen LogP contribution in [-0.4, -0.2) is 63.2 Å². The number of benzene rings is 1. The van der Waals surface area contributed by atoms with Crippen molar-refractivity contribution in [1.29, 1.82) is 0 Å². The molecule has 0 aliphatic carbocycles. The van der Waals surface area contributed by atoms with Gasteiger partial charge >= 0.3 is 0 Å². The first kappa shape index (κ1) is 21.2. The number of aromatic nitrogens is 3. The zero-order valence-electron chi connectivity index (χ0n) is 18.3. The molecule has 2 atom stereocenters. The molecule has 2 aromatic heterocycles. The normalized spacial score (nSPS) is 17.4. The Balaban J connectivity index is 1.32. The molecular weight excluding hydrogens is 396 g/mol. The lowest BCUT2D eigenvalue weighted by Crippen LogP contribution is -2.53. The van der Waals surface area contributed by atoms with Gasteiger partial charge in [-0.25, -0.2) is 0 Å². The molecule has 0 spiro atoms. The third-order valence-corrected chi connectivity index (χ3v) is 5.81. The Bertz CT molecular complexity index is 1020. The fraction of sp³-hybridized carbons (Fsp3) is 0.455. The summed E-state index contributed by atoms with van der Waals surface area (Å²) in [5.74, 6) is 1.49. The molecule has 9 heteroatoms. The lowest BCUT2D eigenvalue weighted by Gasteiger charge is -2.38. The Hall–Kier alpha value is -3.04. The quantitative estimate of drug-likeness (QED) is 0.644. The van der Waals surface area contributed by atoms with Gasteiger partial charge in [-0.05, 0) is 27.7 Å². The maximum Gasteiger partial charge on any atom is 0.244 e. The maximum atomic E-state index is 12.5. The van der Waals surface area contributed by atoms with Crippen LogP contribution in [0.15, 0.2) is 39.4 Å². The van der Waals surface area contributed by atoms with E-state index in [1.165, 1.54) is 5.56 Å². The van der Waals surface area contributed by atoms with Gasteiger partial charge < -0.3 is 9.05 Å². The van der Waals surface area contributed by atoms with E-state index in [1.807, 2.05) is 45.0 Å². The molecule has 1 aromatic carbocycles. The van der Waals surface area contributed by atoms with Gasteiger partial charge in [0.25, 0.3) is 0 Å². The van der Waals surface area contributed by atoms with Crippen LogP contribution in [0.25, 0.3) is 11.4 Å². The van der Waals surface area contributed by atoms with Gasteiger partial charge in [-0.2, -0.15) is 4.98 Å². The minimum absolute atomic E-state index is 0.00940. The lowest BCUT2D eigenvalue weighted by atomic mass is 10.1. The van der Waals surface area contributed by atoms with Crippen molar-refractivity contribution in [3.8, 4) is 11.4 Å². The van der Waals surface area contributed by atoms with Gasteiger partial charge in [0.05, 0.1) is 17.8 Å². The molecule has 0 saturated carbocycles. The van der Waals surface area contributed by atoms with E-state index in [4.69, 9.17) is 9.05 Å². The van der Waals surface area contributed by atoms with Crippen molar-refractivity contribution in [1.82, 2.24) is 25.1 Å². The van der Waals surface area contributed by atoms with Crippen LogP contribution in [0.2, 0.25) is 0 Å². The molecular formula is C22H28N6O3. The van der Waals surface area contributed by atoms with Crippen molar-refractivity contribution in [2.45, 2.75) is 39.8 Å². The SMILES string of the molecule is Cc1ccc(-c2noc(C(C)N3CCN(C(C)C(=O)Nc4cc(C)no4)CC3)n2)cc1. The fourth-order valence-corrected chi connectivity index (χ4v) is 3.71. The summed E-state index contributed by atoms with van der Waals surface area (Å²) in [5, 5.41) is 10.7. The molecule has 164 valence electrons. The van der Waals surface area contributed by atoms with E-state index in [9.17, 15) is 4.79 Å². The third-order valence-electron chi connectivity index (χ3n) is 5.81. The summed E-state index contributed by atoms with van der Waals surface area (Å²) in [6, 6.07) is 9.53. The van der Waals surface area contributed by atoms with Crippen molar-refractivity contribution in [3.63, 3.8) is 0 Å². The summed E-state index contributed by atoms with van der Waals surface area (Å²) in [6.07, 6.45) is 0. The molecule has 9 nitrogen and oxygen atoms in total. The summed E-state index contributed by atoms with van der Waals surface area (Å²) in [6.45, 7) is 11.0. The van der Waals surface area contributed by atoms with Crippen LogP contribution >= 0.6 is 0 Å². The number of nitrogens with one attached hydrogen (secondary N) is 1. The minimum atomic E-state index is -0.264. The molecule has 1 N–H and O–H groups in total. The number of hydrogen-bond donors (Lipinski definition) is 1. The zero-order valence-corrected chi connectivity index (χ0v) is 18.3. The van der Waals surface area contributed by atoms with Crippen molar-refractivity contribution >= 4 is 11.8 Å². The third kappa shape index (κ3) is 4.83. The van der Waals surface area contributed by atoms with Crippen molar-refractivity contribution in [2.75, 3.05) is 31.5 Å². The number of piperazine rings is 1. The van der Waals surface area contributed by atoms with Gasteiger partial charge in [-0.3, -0.25) is 19.9 Å². The lowest BCUT2D eigenvalue weighted by molar-refractivity contribution is -0.121. The maximum absolute atomic E-state index is 12.5. The first-order valence-electron chi connectivity index (χ1n) is 10.5. The highest BCUT2D eigenvalue weighted by Crippen LogP contribution is 2.24. The number of anilines is 1. The van der Waals surface area contributed by atoms with Crippen LogP contribution in [0, 0.1) is 13.8 Å². The topological polar surface area (TPSA) is 101 Å². The van der Waals surface area contributed by atoms with Crippen molar-refractivity contribution in [2.24, 2.45) is 0 Å². The smallest absolute Gasteiger partial charge is 0.244 e. The van der Waals surface area contributed by atoms with Gasteiger partial charge in [-0.15, -0.1) is 0 Å². The van der Waals surface area contributed by atoms with Gasteiger partial charge in [0.2, 0.25) is 23.5 Å². The van der Waals surface area contributed by atoms with Crippen LogP contribution < -0.4 is 5.32 Å². The first-order valence-corrected chi connectivity index (χ1v) is 10.5. The number of nitrogens with zero attached hydrogens (tertiary/aromatic N) is 5. The summed E-state index contributed by atoms with van der Waals surface area (Å²) in [5.41, 5.74) is 2.87. The van der Waals surface area contributed by atoms with E-state index in [1.54, 1.807) is 6.07 Å². The van der Waals surface area contributed by atoms with Gasteiger partial charge in [0.1, 0.15) is 0 Å². The molecule has 1 fully saturated rings. The van der Waals surface area contributed by atoms with E-state index in [0.717, 1.165) is 37.4 Å². The van der Waals surface area contributed by atoms with Crippen molar-refractivity contribution in [3.05, 3.63) is 47.5 Å². The summed E-state index contributed by atoms with van der Waals surface area (Å²) in [7, 11) is 0. The second-order valence-corrected chi connectivity index (χ2v) is 8.07. The van der Waals surface area contributed by atoms with Crippen LogP contribution in [0.1, 0.15) is 37.0 Å². The fourth-order valence-electron chi connectivity index (χ4n) is 3.71. The molecule has 0 bridgehead atoms. The Kier molecular flexibility index (Phi) is 6.15. The number of hydrogen-bond acceptors (Lipinski definition) is 8. The molecule has 2 unspecified atom stereocenters. The highest BCUT2D eigenvalue weighted by molar-refractivity contribution is 5.93. The number of amides is 1. The van der Waals surface area contributed by atoms with Gasteiger partial charge in [-0.1, -0.05) is 40.1 Å². The molecule has 1 saturated heterocycles. The second kappa shape index (κ2) is 8.99. The summed E-state index contributed by atoms with van der Waals surface area (Å²) in [4.78, 5) is 21.6. The van der Waals surface area contributed by atoms with Crippen LogP contribution in [0.3, 0.4) is 0 Å². The van der Waals surface area contributed by atoms with Crippen LogP contribution in [0.4, 0.5) is 5.88 Å². The molecule has 1 aliphatic heterocycles. The number of aryl methyl sites for hydroxylation is 2. The Morgan fingerprint density at radius 2 is 1.68 bits per heavy atom. The van der Waals surface area contributed by atoms with E-state index in [-0.39, 0.29) is 18.0 Å². The van der Waals surface area contributed by atoms with E-state index in [2.05, 4.69) is 37.3 Å².